The van der Waals surface area contributed by atoms with E-state index in [1.807, 2.05) is 19.1 Å². The molecule has 0 radical (unpaired) electrons. The van der Waals surface area contributed by atoms with Crippen LogP contribution in [0.25, 0.3) is 10.9 Å². The number of aliphatic carboxylic acids is 2. The van der Waals surface area contributed by atoms with E-state index in [0.29, 0.717) is 5.56 Å². The summed E-state index contributed by atoms with van der Waals surface area (Å²) in [5.41, 5.74) is 2.20. The van der Waals surface area contributed by atoms with Gasteiger partial charge in [0.25, 0.3) is 0 Å². The normalized spacial score (nSPS) is 9.53. The number of carboxylic acids is 3. The van der Waals surface area contributed by atoms with Crippen LogP contribution in [0.1, 0.15) is 16.1 Å². The van der Waals surface area contributed by atoms with E-state index in [0.717, 1.165) is 16.6 Å². The van der Waals surface area contributed by atoms with Crippen LogP contribution in [0.15, 0.2) is 24.3 Å². The Balaban J connectivity index is 0.000000258. The lowest BCUT2D eigenvalue weighted by atomic mass is 10.1. The molecule has 7 nitrogen and oxygen atoms in total. The Hall–Kier alpha value is -2.83. The molecule has 0 spiro atoms. The summed E-state index contributed by atoms with van der Waals surface area (Å²) in [4.78, 5) is 32.1. The number of carboxylic acid groups (broad SMARTS) is 3. The molecule has 1 aromatic carbocycles. The van der Waals surface area contributed by atoms with Crippen LogP contribution in [0, 0.1) is 6.92 Å². The van der Waals surface area contributed by atoms with Crippen molar-refractivity contribution in [1.82, 2.24) is 4.98 Å². The fourth-order valence-corrected chi connectivity index (χ4v) is 1.48. The fourth-order valence-electron chi connectivity index (χ4n) is 1.48. The molecule has 100 valence electrons. The second kappa shape index (κ2) is 5.67. The largest absolute Gasteiger partial charge is 0.478 e. The Bertz CT molecular complexity index is 631. The van der Waals surface area contributed by atoms with Crippen molar-refractivity contribution in [2.45, 2.75) is 6.92 Å². The van der Waals surface area contributed by atoms with Crippen LogP contribution in [0.3, 0.4) is 0 Å². The van der Waals surface area contributed by atoms with Crippen molar-refractivity contribution in [3.63, 3.8) is 0 Å². The number of hydrogen-bond donors (Lipinski definition) is 4. The summed E-state index contributed by atoms with van der Waals surface area (Å²) < 4.78 is 0. The number of hydrogen-bond acceptors (Lipinski definition) is 3. The zero-order chi connectivity index (χ0) is 14.6. The molecule has 2 aromatic rings. The van der Waals surface area contributed by atoms with Gasteiger partial charge in [-0.3, -0.25) is 0 Å². The topological polar surface area (TPSA) is 128 Å². The molecule has 0 unspecified atom stereocenters. The maximum atomic E-state index is 10.8. The molecule has 0 amide bonds. The van der Waals surface area contributed by atoms with E-state index in [9.17, 15) is 4.79 Å². The number of fused-ring (bicyclic) bond motifs is 1. The number of aryl methyl sites for hydroxylation is 1. The van der Waals surface area contributed by atoms with E-state index in [2.05, 4.69) is 4.98 Å². The average molecular weight is 265 g/mol. The van der Waals surface area contributed by atoms with Crippen molar-refractivity contribution in [1.29, 1.82) is 0 Å². The zero-order valence-corrected chi connectivity index (χ0v) is 9.88. The lowest BCUT2D eigenvalue weighted by Gasteiger charge is -1.94. The lowest BCUT2D eigenvalue weighted by Crippen LogP contribution is -2.09. The van der Waals surface area contributed by atoms with E-state index >= 15 is 0 Å². The number of nitrogens with one attached hydrogen (secondary N) is 1. The molecule has 0 aliphatic rings. The summed E-state index contributed by atoms with van der Waals surface area (Å²) in [7, 11) is 0. The van der Waals surface area contributed by atoms with E-state index in [1.165, 1.54) is 0 Å². The highest BCUT2D eigenvalue weighted by Crippen LogP contribution is 2.19. The number of carbonyl (C=O) groups is 3. The van der Waals surface area contributed by atoms with Crippen LogP contribution >= 0.6 is 0 Å². The lowest BCUT2D eigenvalue weighted by molar-refractivity contribution is -0.159. The van der Waals surface area contributed by atoms with Gasteiger partial charge in [0.1, 0.15) is 0 Å². The molecule has 1 heterocycles. The summed E-state index contributed by atoms with van der Waals surface area (Å²) in [6.07, 6.45) is 0. The SMILES string of the molecule is Cc1cc2c(C(=O)O)cccc2[nH]1.O=C(O)C(=O)O. The molecule has 0 atom stereocenters. The molecule has 1 aromatic heterocycles. The monoisotopic (exact) mass is 265 g/mol. The number of H-pyrrole nitrogens is 1. The Labute approximate surface area is 107 Å². The summed E-state index contributed by atoms with van der Waals surface area (Å²) in [5, 5.41) is 24.4. The summed E-state index contributed by atoms with van der Waals surface area (Å²) >= 11 is 0. The van der Waals surface area contributed by atoms with Crippen LogP contribution < -0.4 is 0 Å². The standard InChI is InChI=1S/C10H9NO2.C2H2O4/c1-6-5-8-7(10(12)13)3-2-4-9(8)11-6;3-1(4)2(5)6/h2-5,11H,1H3,(H,12,13);(H,3,4)(H,5,6). The molecule has 4 N–H and O–H groups in total. The van der Waals surface area contributed by atoms with Crippen molar-refractivity contribution >= 4 is 28.8 Å². The predicted octanol–water partition coefficient (Wildman–Crippen LogP) is 1.33. The molecule has 0 bridgehead atoms. The first-order valence-electron chi connectivity index (χ1n) is 5.10. The molecule has 0 saturated carbocycles. The van der Waals surface area contributed by atoms with Crippen LogP contribution in [0.2, 0.25) is 0 Å². The quantitative estimate of drug-likeness (QED) is 0.576. The molecule has 0 fully saturated rings. The maximum absolute atomic E-state index is 10.8. The molecular weight excluding hydrogens is 254 g/mol. The van der Waals surface area contributed by atoms with Crippen molar-refractivity contribution in [2.24, 2.45) is 0 Å². The first kappa shape index (κ1) is 14.2. The van der Waals surface area contributed by atoms with Crippen molar-refractivity contribution in [2.75, 3.05) is 0 Å². The van der Waals surface area contributed by atoms with Gasteiger partial charge < -0.3 is 20.3 Å². The van der Waals surface area contributed by atoms with Crippen molar-refractivity contribution in [3.05, 3.63) is 35.5 Å². The first-order valence-corrected chi connectivity index (χ1v) is 5.10. The summed E-state index contributed by atoms with van der Waals surface area (Å²) in [6, 6.07) is 7.06. The van der Waals surface area contributed by atoms with E-state index in [-0.39, 0.29) is 0 Å². The minimum Gasteiger partial charge on any atom is -0.478 e. The summed E-state index contributed by atoms with van der Waals surface area (Å²) in [6.45, 7) is 1.91. The van der Waals surface area contributed by atoms with Gasteiger partial charge in [0.15, 0.2) is 0 Å². The molecule has 0 saturated heterocycles. The van der Waals surface area contributed by atoms with E-state index in [1.54, 1.807) is 12.1 Å². The molecule has 2 rings (SSSR count). The molecule has 7 heteroatoms. The highest BCUT2D eigenvalue weighted by molar-refractivity contribution is 6.27. The van der Waals surface area contributed by atoms with Gasteiger partial charge >= 0.3 is 17.9 Å². The van der Waals surface area contributed by atoms with Gasteiger partial charge in [-0.1, -0.05) is 6.07 Å². The van der Waals surface area contributed by atoms with Crippen molar-refractivity contribution < 1.29 is 29.7 Å². The Morgan fingerprint density at radius 1 is 1.05 bits per heavy atom. The van der Waals surface area contributed by atoms with Crippen LogP contribution in [-0.4, -0.2) is 38.2 Å². The minimum atomic E-state index is -1.82. The van der Waals surface area contributed by atoms with Gasteiger partial charge in [-0.25, -0.2) is 14.4 Å². The fraction of sp³-hybridized carbons (Fsp3) is 0.0833. The van der Waals surface area contributed by atoms with Crippen LogP contribution in [0.4, 0.5) is 0 Å². The van der Waals surface area contributed by atoms with Gasteiger partial charge in [0.2, 0.25) is 0 Å². The third-order valence-electron chi connectivity index (χ3n) is 2.21. The zero-order valence-electron chi connectivity index (χ0n) is 9.88. The Kier molecular flexibility index (Phi) is 4.25. The number of aromatic nitrogens is 1. The Morgan fingerprint density at radius 3 is 2.11 bits per heavy atom. The summed E-state index contributed by atoms with van der Waals surface area (Å²) in [5.74, 6) is -4.53. The van der Waals surface area contributed by atoms with Gasteiger partial charge in [0.05, 0.1) is 5.56 Å². The van der Waals surface area contributed by atoms with E-state index < -0.39 is 17.9 Å². The van der Waals surface area contributed by atoms with Gasteiger partial charge in [0, 0.05) is 16.6 Å². The van der Waals surface area contributed by atoms with Crippen molar-refractivity contribution in [3.8, 4) is 0 Å². The maximum Gasteiger partial charge on any atom is 0.414 e. The molecule has 0 aliphatic carbocycles. The van der Waals surface area contributed by atoms with Crippen LogP contribution in [0.5, 0.6) is 0 Å². The average Bonchev–Trinajstić information content (AvgIpc) is 2.68. The smallest absolute Gasteiger partial charge is 0.414 e. The molecule has 19 heavy (non-hydrogen) atoms. The number of rotatable bonds is 1. The molecule has 0 aliphatic heterocycles. The third-order valence-corrected chi connectivity index (χ3v) is 2.21. The second-order valence-corrected chi connectivity index (χ2v) is 3.63. The van der Waals surface area contributed by atoms with Gasteiger partial charge in [-0.15, -0.1) is 0 Å². The second-order valence-electron chi connectivity index (χ2n) is 3.63. The van der Waals surface area contributed by atoms with Gasteiger partial charge in [-0.2, -0.15) is 0 Å². The number of aromatic carboxylic acids is 1. The predicted molar refractivity (Wildman–Crippen MR) is 65.3 cm³/mol. The number of benzene rings is 1. The van der Waals surface area contributed by atoms with Gasteiger partial charge in [-0.05, 0) is 25.1 Å². The highest BCUT2D eigenvalue weighted by Gasteiger charge is 2.08. The van der Waals surface area contributed by atoms with Crippen LogP contribution in [-0.2, 0) is 9.59 Å². The minimum absolute atomic E-state index is 0.349. The highest BCUT2D eigenvalue weighted by atomic mass is 16.4. The van der Waals surface area contributed by atoms with E-state index in [4.69, 9.17) is 24.9 Å². The number of aromatic amines is 1. The first-order chi connectivity index (χ1) is 8.82. The third kappa shape index (κ3) is 3.56. The Morgan fingerprint density at radius 2 is 1.63 bits per heavy atom. The molecular formula is C12H11NO6.